The molecule has 3 heterocycles. The number of para-hydroxylation sites is 1. The Hall–Kier alpha value is -4.28. The second kappa shape index (κ2) is 10.8. The standard InChI is InChI=1S/C29H24N4O4S2/c1-2-36-20-11-12-25(37-27(34)23-16-38-17-30-23)21(15-20)19-10-9-18-6-5-13-33(24(18)14-19)29(35)32-28-31-22-7-3-4-8-26(22)39-28/h3-4,7-12,14-17H,2,5-6,13H2,1H3,(H,31,32,35). The van der Waals surface area contributed by atoms with Gasteiger partial charge in [0, 0.05) is 23.2 Å². The van der Waals surface area contributed by atoms with Crippen molar-refractivity contribution in [1.82, 2.24) is 9.97 Å². The molecule has 0 aliphatic carbocycles. The first-order chi connectivity index (χ1) is 19.1. The maximum absolute atomic E-state index is 13.4. The third-order valence-corrected chi connectivity index (χ3v) is 7.91. The lowest BCUT2D eigenvalue weighted by molar-refractivity contribution is 0.0730. The lowest BCUT2D eigenvalue weighted by atomic mass is 9.96. The summed E-state index contributed by atoms with van der Waals surface area (Å²) < 4.78 is 12.5. The van der Waals surface area contributed by atoms with Crippen molar-refractivity contribution in [2.24, 2.45) is 0 Å². The van der Waals surface area contributed by atoms with Gasteiger partial charge in [-0.15, -0.1) is 11.3 Å². The highest BCUT2D eigenvalue weighted by Gasteiger charge is 2.25. The number of rotatable bonds is 6. The van der Waals surface area contributed by atoms with Crippen LogP contribution in [0.4, 0.5) is 15.6 Å². The summed E-state index contributed by atoms with van der Waals surface area (Å²) in [5.74, 6) is 0.512. The van der Waals surface area contributed by atoms with E-state index in [0.29, 0.717) is 35.3 Å². The van der Waals surface area contributed by atoms with E-state index >= 15 is 0 Å². The Morgan fingerprint density at radius 3 is 2.82 bits per heavy atom. The van der Waals surface area contributed by atoms with Crippen molar-refractivity contribution in [3.8, 4) is 22.6 Å². The predicted molar refractivity (Wildman–Crippen MR) is 154 cm³/mol. The van der Waals surface area contributed by atoms with E-state index in [1.165, 1.54) is 22.7 Å². The molecule has 5 aromatic rings. The maximum Gasteiger partial charge on any atom is 0.363 e. The fraction of sp³-hybridized carbons (Fsp3) is 0.172. The summed E-state index contributed by atoms with van der Waals surface area (Å²) in [6.45, 7) is 3.00. The summed E-state index contributed by atoms with van der Waals surface area (Å²) in [7, 11) is 0. The number of nitrogens with one attached hydrogen (secondary N) is 1. The lowest BCUT2D eigenvalue weighted by Crippen LogP contribution is -2.38. The predicted octanol–water partition coefficient (Wildman–Crippen LogP) is 7.02. The van der Waals surface area contributed by atoms with Gasteiger partial charge in [0.1, 0.15) is 11.5 Å². The van der Waals surface area contributed by atoms with Crippen molar-refractivity contribution < 1.29 is 19.1 Å². The van der Waals surface area contributed by atoms with Crippen molar-refractivity contribution in [2.75, 3.05) is 23.4 Å². The minimum absolute atomic E-state index is 0.231. The van der Waals surface area contributed by atoms with Crippen LogP contribution >= 0.6 is 22.7 Å². The quantitative estimate of drug-likeness (QED) is 0.178. The summed E-state index contributed by atoms with van der Waals surface area (Å²) in [6.07, 6.45) is 1.72. The zero-order valence-electron chi connectivity index (χ0n) is 21.0. The number of fused-ring (bicyclic) bond motifs is 2. The lowest BCUT2D eigenvalue weighted by Gasteiger charge is -2.30. The number of anilines is 2. The van der Waals surface area contributed by atoms with Crippen molar-refractivity contribution in [1.29, 1.82) is 0 Å². The Balaban J connectivity index is 1.33. The van der Waals surface area contributed by atoms with E-state index in [1.807, 2.05) is 55.5 Å². The van der Waals surface area contributed by atoms with Crippen LogP contribution in [-0.2, 0) is 6.42 Å². The number of ether oxygens (including phenoxy) is 2. The number of benzene rings is 3. The molecule has 0 spiro atoms. The highest BCUT2D eigenvalue weighted by molar-refractivity contribution is 7.22. The fourth-order valence-electron chi connectivity index (χ4n) is 4.58. The normalized spacial score (nSPS) is 12.7. The molecule has 1 N–H and O–H groups in total. The van der Waals surface area contributed by atoms with E-state index in [2.05, 4.69) is 15.3 Å². The molecule has 3 aromatic carbocycles. The van der Waals surface area contributed by atoms with Crippen molar-refractivity contribution >= 4 is 55.7 Å². The SMILES string of the molecule is CCOc1ccc(OC(=O)c2cscn2)c(-c2ccc3c(c2)N(C(=O)Nc2nc4ccccc4s2)CCC3)c1. The fourth-order valence-corrected chi connectivity index (χ4v) is 5.96. The third kappa shape index (κ3) is 5.21. The molecule has 0 saturated heterocycles. The zero-order valence-corrected chi connectivity index (χ0v) is 22.7. The average molecular weight is 557 g/mol. The van der Waals surface area contributed by atoms with Crippen molar-refractivity contribution in [2.45, 2.75) is 19.8 Å². The Kier molecular flexibility index (Phi) is 6.95. The zero-order chi connectivity index (χ0) is 26.8. The Morgan fingerprint density at radius 2 is 2.00 bits per heavy atom. The van der Waals surface area contributed by atoms with Gasteiger partial charge >= 0.3 is 12.0 Å². The number of thiazole rings is 2. The summed E-state index contributed by atoms with van der Waals surface area (Å²) >= 11 is 2.78. The van der Waals surface area contributed by atoms with Gasteiger partial charge in [0.05, 0.1) is 22.3 Å². The molecular weight excluding hydrogens is 532 g/mol. The van der Waals surface area contributed by atoms with Crippen LogP contribution in [0.3, 0.4) is 0 Å². The third-order valence-electron chi connectivity index (χ3n) is 6.37. The number of aromatic nitrogens is 2. The molecule has 2 amide bonds. The summed E-state index contributed by atoms with van der Waals surface area (Å²) in [6, 6.07) is 18.9. The highest BCUT2D eigenvalue weighted by atomic mass is 32.1. The molecule has 1 aliphatic rings. The van der Waals surface area contributed by atoms with Gasteiger partial charge in [-0.2, -0.15) is 0 Å². The van der Waals surface area contributed by atoms with Crippen LogP contribution in [0, 0.1) is 0 Å². The number of hydrogen-bond acceptors (Lipinski definition) is 8. The van der Waals surface area contributed by atoms with Crippen LogP contribution in [0.1, 0.15) is 29.4 Å². The number of aryl methyl sites for hydroxylation is 1. The van der Waals surface area contributed by atoms with Crippen molar-refractivity contribution in [3.63, 3.8) is 0 Å². The van der Waals surface area contributed by atoms with E-state index in [1.54, 1.807) is 27.9 Å². The van der Waals surface area contributed by atoms with Crippen LogP contribution < -0.4 is 19.7 Å². The molecule has 0 saturated carbocycles. The number of carbonyl (C=O) groups excluding carboxylic acids is 2. The van der Waals surface area contributed by atoms with Crippen molar-refractivity contribution in [3.05, 3.63) is 82.8 Å². The molecule has 10 heteroatoms. The molecule has 0 bridgehead atoms. The molecule has 39 heavy (non-hydrogen) atoms. The Morgan fingerprint density at radius 1 is 1.10 bits per heavy atom. The number of hydrogen-bond donors (Lipinski definition) is 1. The molecule has 2 aromatic heterocycles. The number of carbonyl (C=O) groups is 2. The molecule has 0 radical (unpaired) electrons. The first-order valence-corrected chi connectivity index (χ1v) is 14.3. The average Bonchev–Trinajstić information content (AvgIpc) is 3.63. The first kappa shape index (κ1) is 25.0. The number of esters is 1. The van der Waals surface area contributed by atoms with Gasteiger partial charge in [-0.3, -0.25) is 10.2 Å². The summed E-state index contributed by atoms with van der Waals surface area (Å²) in [5.41, 5.74) is 6.08. The van der Waals surface area contributed by atoms with Crippen LogP contribution in [0.25, 0.3) is 21.3 Å². The number of amides is 2. The summed E-state index contributed by atoms with van der Waals surface area (Å²) in [4.78, 5) is 36.5. The second-order valence-electron chi connectivity index (χ2n) is 8.87. The molecule has 0 atom stereocenters. The molecule has 0 fully saturated rings. The van der Waals surface area contributed by atoms with E-state index in [9.17, 15) is 9.59 Å². The Bertz CT molecular complexity index is 1630. The largest absolute Gasteiger partial charge is 0.494 e. The van der Waals surface area contributed by atoms with Gasteiger partial charge in [0.2, 0.25) is 0 Å². The molecule has 0 unspecified atom stereocenters. The van der Waals surface area contributed by atoms with Crippen LogP contribution in [0.2, 0.25) is 0 Å². The highest BCUT2D eigenvalue weighted by Crippen LogP contribution is 2.38. The monoisotopic (exact) mass is 556 g/mol. The van der Waals surface area contributed by atoms with Crippen LogP contribution in [-0.4, -0.2) is 35.1 Å². The number of nitrogens with zero attached hydrogens (tertiary/aromatic N) is 3. The molecule has 6 rings (SSSR count). The molecule has 196 valence electrons. The molecule has 8 nitrogen and oxygen atoms in total. The van der Waals surface area contributed by atoms with Crippen LogP contribution in [0.15, 0.2) is 71.6 Å². The molecule has 1 aliphatic heterocycles. The van der Waals surface area contributed by atoms with E-state index < -0.39 is 5.97 Å². The van der Waals surface area contributed by atoms with Gasteiger partial charge in [0.25, 0.3) is 0 Å². The van der Waals surface area contributed by atoms with Gasteiger partial charge in [-0.25, -0.2) is 19.6 Å². The van der Waals surface area contributed by atoms with Crippen LogP contribution in [0.5, 0.6) is 11.5 Å². The smallest absolute Gasteiger partial charge is 0.363 e. The van der Waals surface area contributed by atoms with Gasteiger partial charge in [-0.1, -0.05) is 35.6 Å². The van der Waals surface area contributed by atoms with Gasteiger partial charge in [0.15, 0.2) is 10.8 Å². The van der Waals surface area contributed by atoms with E-state index in [0.717, 1.165) is 39.9 Å². The minimum Gasteiger partial charge on any atom is -0.494 e. The second-order valence-corrected chi connectivity index (χ2v) is 10.6. The topological polar surface area (TPSA) is 93.7 Å². The summed E-state index contributed by atoms with van der Waals surface area (Å²) in [5, 5.41) is 5.19. The number of urea groups is 1. The minimum atomic E-state index is -0.531. The first-order valence-electron chi connectivity index (χ1n) is 12.5. The molecular formula is C29H24N4O4S2. The van der Waals surface area contributed by atoms with E-state index in [4.69, 9.17) is 9.47 Å². The van der Waals surface area contributed by atoms with E-state index in [-0.39, 0.29) is 11.7 Å². The maximum atomic E-state index is 13.4. The van der Waals surface area contributed by atoms with Gasteiger partial charge < -0.3 is 9.47 Å². The Labute approximate surface area is 232 Å². The van der Waals surface area contributed by atoms with Gasteiger partial charge in [-0.05, 0) is 67.3 Å².